The zero-order chi connectivity index (χ0) is 104. The van der Waals surface area contributed by atoms with Crippen LogP contribution < -0.4 is 0 Å². The van der Waals surface area contributed by atoms with Gasteiger partial charge in [0.1, 0.15) is 46.1 Å². The van der Waals surface area contributed by atoms with Crippen LogP contribution in [0.25, 0.3) is 118 Å². The number of rotatable bonds is 21. The van der Waals surface area contributed by atoms with Crippen molar-refractivity contribution in [2.24, 2.45) is 11.8 Å². The Balaban J connectivity index is 0.000000144. The number of phenols is 18. The number of para-hydroxylation sites is 2. The third-order valence-electron chi connectivity index (χ3n) is 28.2. The molecule has 2 aliphatic carbocycles. The molecule has 18 aromatic rings. The van der Waals surface area contributed by atoms with Crippen molar-refractivity contribution in [2.45, 2.75) is 144 Å². The van der Waals surface area contributed by atoms with Gasteiger partial charge in [0.15, 0.2) is 102 Å². The van der Waals surface area contributed by atoms with Gasteiger partial charge >= 0.3 is 0 Å². The molecule has 26 nitrogen and oxygen atoms in total. The van der Waals surface area contributed by atoms with E-state index in [1.54, 1.807) is 90.1 Å². The van der Waals surface area contributed by atoms with Crippen molar-refractivity contribution in [3.8, 4) is 137 Å². The topological polar surface area (TPSA) is 492 Å². The Kier molecular flexibility index (Phi) is 26.8. The Morgan fingerprint density at radius 3 is 0.747 bits per heavy atom. The Bertz CT molecular complexity index is 8030. The SMILES string of the molecule is Cc1cc2c(C(=O)CC3CCCCC3)c(O)c(O)cc2c(O)c1-c1c(C)cc2c(C(=O)CC3CCCCC3)c(O)c(O)cc2c1O.Cc1cc2c(C(=O)CCc3ccc(F)cc3)c(O)c(O)cc2c(O)c1-c1c(C)cc2c(C(=O)CCc3ccc(F)cc3)c(O)c(O)cc2c1O.Cc1cc2c(C(=O)c3nc4ccccc4s3)c(O)c(O)cc2c(O)c1-c1c(C)cc2c(C(=O)c3nc4ccccc4s3)c(O)c(O)cc2c1O. The van der Waals surface area contributed by atoms with Crippen molar-refractivity contribution in [1.29, 1.82) is 0 Å². The van der Waals surface area contributed by atoms with Crippen LogP contribution in [0.4, 0.5) is 8.78 Å². The number of benzene rings is 16. The predicted molar refractivity (Wildman–Crippen MR) is 554 cm³/mol. The van der Waals surface area contributed by atoms with Gasteiger partial charge in [-0.2, -0.15) is 0 Å². The Morgan fingerprint density at radius 2 is 0.500 bits per heavy atom. The molecule has 0 unspecified atom stereocenters. The molecule has 2 aromatic heterocycles. The largest absolute Gasteiger partial charge is 0.507 e. The number of fused-ring (bicyclic) bond motifs is 8. The van der Waals surface area contributed by atoms with Crippen molar-refractivity contribution in [3.63, 3.8) is 0 Å². The number of halogens is 2. The van der Waals surface area contributed by atoms with Crippen LogP contribution in [0, 0.1) is 65.0 Å². The molecule has 2 fully saturated rings. The van der Waals surface area contributed by atoms with Gasteiger partial charge in [0.2, 0.25) is 11.6 Å². The van der Waals surface area contributed by atoms with Crippen molar-refractivity contribution < 1.29 is 129 Å². The molecule has 18 N–H and O–H groups in total. The minimum atomic E-state index is -0.668. The molecule has 20 rings (SSSR count). The first kappa shape index (κ1) is 99.3. The minimum absolute atomic E-state index is 0.00939. The summed E-state index contributed by atoms with van der Waals surface area (Å²) < 4.78 is 28.2. The number of ketones is 6. The highest BCUT2D eigenvalue weighted by molar-refractivity contribution is 7.21. The molecule has 0 aliphatic heterocycles. The van der Waals surface area contributed by atoms with E-state index in [1.807, 2.05) is 24.3 Å². The highest BCUT2D eigenvalue weighted by Gasteiger charge is 2.37. The number of aromatic hydroxyl groups is 18. The van der Waals surface area contributed by atoms with E-state index in [0.717, 1.165) is 121 Å². The first-order valence-corrected chi connectivity index (χ1v) is 49.0. The summed E-state index contributed by atoms with van der Waals surface area (Å²) in [4.78, 5) is 90.4. The van der Waals surface area contributed by atoms with E-state index in [0.29, 0.717) is 66.3 Å². The summed E-state index contributed by atoms with van der Waals surface area (Å²) >= 11 is 2.25. The van der Waals surface area contributed by atoms with E-state index >= 15 is 0 Å². The molecule has 0 bridgehead atoms. The van der Waals surface area contributed by atoms with Crippen molar-refractivity contribution in [2.75, 3.05) is 0 Å². The standard InChI is InChI=1S/C40H32F2O8.C38H24N2O8S2.C38H42O8/c1-19-15-25-27(17-31(45)39(49)35(25)29(43)13-7-21-3-9-23(41)10-4-21)37(47)33(19)34-20(2)16-26-28(38(34)48)18-32(46)40(50)36(26)30(44)14-8-22-5-11-24(42)12-6-22;1-15-11-17-19(13-23(41)33(45)29(17)35(47)37-39-21-7-3-5-9-25(21)49-37)31(43)27(15)28-16(2)12-18-20(32(28)44)14-24(42)34(46)30(18)36(48)38-40-22-8-4-6-10-26(22)50-38;1-19-13-23-25(17-29(41)37(45)33(23)27(39)15-21-9-5-3-6-10-21)35(43)31(19)32-20(2)14-24-26(36(32)44)18-30(42)38(46)34(24)28(40)16-22-11-7-4-8-12-22/h3-6,9-12,15-18,45-50H,7-8,13-14H2,1-2H3;3-14,41-46H,1-2H3;13-14,17-18,21-22,41-46H,3-12,15-16H2,1-2H3. The van der Waals surface area contributed by atoms with Crippen LogP contribution in [0.2, 0.25) is 0 Å². The molecule has 2 heterocycles. The summed E-state index contributed by atoms with van der Waals surface area (Å²) in [5.74, 6) is -13.1. The normalized spacial score (nSPS) is 13.0. The van der Waals surface area contributed by atoms with Crippen molar-refractivity contribution in [3.05, 3.63) is 269 Å². The number of hydrogen-bond acceptors (Lipinski definition) is 28. The highest BCUT2D eigenvalue weighted by Crippen LogP contribution is 2.58. The quantitative estimate of drug-likeness (QED) is 0.0235. The third-order valence-corrected chi connectivity index (χ3v) is 30.3. The molecule has 146 heavy (non-hydrogen) atoms. The highest BCUT2D eigenvalue weighted by atomic mass is 32.1. The van der Waals surface area contributed by atoms with E-state index in [-0.39, 0.29) is 204 Å². The van der Waals surface area contributed by atoms with Gasteiger partial charge in [0, 0.05) is 124 Å². The second kappa shape index (κ2) is 39.5. The van der Waals surface area contributed by atoms with E-state index in [4.69, 9.17) is 0 Å². The first-order valence-electron chi connectivity index (χ1n) is 47.4. The Morgan fingerprint density at radius 1 is 0.274 bits per heavy atom. The predicted octanol–water partition coefficient (Wildman–Crippen LogP) is 25.4. The minimum Gasteiger partial charge on any atom is -0.507 e. The monoisotopic (exact) mass is 2000 g/mol. The van der Waals surface area contributed by atoms with Crippen molar-refractivity contribution >= 4 is 142 Å². The van der Waals surface area contributed by atoms with Gasteiger partial charge < -0.3 is 91.9 Å². The second-order valence-electron chi connectivity index (χ2n) is 37.8. The molecule has 16 aromatic carbocycles. The number of carbonyl (C=O) groups is 6. The van der Waals surface area contributed by atoms with Crippen LogP contribution in [-0.4, -0.2) is 137 Å². The van der Waals surface area contributed by atoms with Crippen LogP contribution in [0.1, 0.15) is 207 Å². The van der Waals surface area contributed by atoms with E-state index < -0.39 is 127 Å². The summed E-state index contributed by atoms with van der Waals surface area (Å²) in [5.41, 5.74) is 5.12. The number of carbonyl (C=O) groups excluding carboxylic acids is 6. The lowest BCUT2D eigenvalue weighted by atomic mass is 9.82. The number of phenolic OH excluding ortho intramolecular Hbond substituents is 18. The maximum atomic E-state index is 13.8. The average Bonchev–Trinajstić information content (AvgIpc) is 0.864. The molecule has 2 saturated carbocycles. The summed E-state index contributed by atoms with van der Waals surface area (Å²) in [6.45, 7) is 9.95. The molecule has 0 radical (unpaired) electrons. The maximum absolute atomic E-state index is 13.8. The van der Waals surface area contributed by atoms with Gasteiger partial charge in [-0.3, -0.25) is 28.8 Å². The molecular weight excluding hydrogens is 1910 g/mol. The molecule has 2 aliphatic rings. The number of nitrogens with zero attached hydrogens (tertiary/aromatic N) is 2. The molecule has 0 amide bonds. The van der Waals surface area contributed by atoms with Gasteiger partial charge in [0.25, 0.3) is 0 Å². The molecule has 742 valence electrons. The summed E-state index contributed by atoms with van der Waals surface area (Å²) in [6.07, 6.45) is 10.9. The van der Waals surface area contributed by atoms with Gasteiger partial charge in [-0.25, -0.2) is 18.7 Å². The van der Waals surface area contributed by atoms with Crippen LogP contribution in [0.5, 0.6) is 103 Å². The van der Waals surface area contributed by atoms with Gasteiger partial charge in [-0.15, -0.1) is 22.7 Å². The second-order valence-corrected chi connectivity index (χ2v) is 39.8. The lowest BCUT2D eigenvalue weighted by molar-refractivity contribution is 0.0940. The molecule has 0 saturated heterocycles. The number of aromatic nitrogens is 2. The van der Waals surface area contributed by atoms with Crippen LogP contribution in [0.15, 0.2) is 170 Å². The fraction of sp³-hybridized carbons (Fsp3) is 0.207. The van der Waals surface area contributed by atoms with E-state index in [9.17, 15) is 129 Å². The number of thiazole rings is 2. The van der Waals surface area contributed by atoms with Gasteiger partial charge in [-0.1, -0.05) is 113 Å². The molecular formula is C116H98F2N2O24S2. The lowest BCUT2D eigenvalue weighted by Gasteiger charge is -2.23. The number of hydrogen-bond donors (Lipinski definition) is 18. The summed E-state index contributed by atoms with van der Waals surface area (Å²) in [5, 5.41) is 201. The Labute approximate surface area is 839 Å². The third kappa shape index (κ3) is 18.0. The molecule has 0 atom stereocenters. The van der Waals surface area contributed by atoms with Crippen LogP contribution in [0.3, 0.4) is 0 Å². The first-order chi connectivity index (χ1) is 69.7. The number of aryl methyl sites for hydroxylation is 8. The average molecular weight is 2010 g/mol. The van der Waals surface area contributed by atoms with E-state index in [2.05, 4.69) is 9.97 Å². The zero-order valence-corrected chi connectivity index (χ0v) is 81.2. The van der Waals surface area contributed by atoms with Crippen LogP contribution in [-0.2, 0) is 12.8 Å². The smallest absolute Gasteiger partial charge is 0.226 e. The molecule has 30 heteroatoms. The van der Waals surface area contributed by atoms with Gasteiger partial charge in [0.05, 0.1) is 53.8 Å². The van der Waals surface area contributed by atoms with E-state index in [1.165, 1.54) is 72.8 Å². The maximum Gasteiger partial charge on any atom is 0.226 e. The molecule has 0 spiro atoms. The Hall–Kier alpha value is -16.9. The zero-order valence-electron chi connectivity index (χ0n) is 79.6. The fourth-order valence-electron chi connectivity index (χ4n) is 21.0. The number of Topliss-reactive ketones (excluding diaryl/α,β-unsaturated/α-hetero) is 4. The van der Waals surface area contributed by atoms with Crippen molar-refractivity contribution in [1.82, 2.24) is 9.97 Å². The summed E-state index contributed by atoms with van der Waals surface area (Å²) in [6, 6.07) is 42.0. The summed E-state index contributed by atoms with van der Waals surface area (Å²) in [7, 11) is 0. The van der Waals surface area contributed by atoms with Gasteiger partial charge in [-0.05, 0) is 232 Å². The van der Waals surface area contributed by atoms with Crippen LogP contribution >= 0.6 is 22.7 Å². The fourth-order valence-corrected chi connectivity index (χ4v) is 22.8. The lowest BCUT2D eigenvalue weighted by Crippen LogP contribution is -2.13.